The number of fused-ring (bicyclic) bond motifs is 1. The van der Waals surface area contributed by atoms with Crippen molar-refractivity contribution in [2.75, 3.05) is 18.8 Å². The average Bonchev–Trinajstić information content (AvgIpc) is 3.50. The fraction of sp³-hybridized carbons (Fsp3) is 0.258. The topological polar surface area (TPSA) is 117 Å². The Labute approximate surface area is 238 Å². The molecule has 2 N–H and O–H groups in total. The number of amides is 1. The van der Waals surface area contributed by atoms with Crippen LogP contribution in [0.3, 0.4) is 0 Å². The van der Waals surface area contributed by atoms with Gasteiger partial charge in [-0.3, -0.25) is 9.48 Å². The summed E-state index contributed by atoms with van der Waals surface area (Å²) in [5, 5.41) is 5.72. The monoisotopic (exact) mass is 548 g/mol. The number of hydrogen-bond donors (Lipinski definition) is 1. The Hall–Kier alpha value is -4.99. The maximum atomic E-state index is 12.1. The molecule has 1 saturated heterocycles. The lowest BCUT2D eigenvalue weighted by Gasteiger charge is -2.31. The van der Waals surface area contributed by atoms with Crippen LogP contribution in [0.4, 0.5) is 5.82 Å². The van der Waals surface area contributed by atoms with E-state index in [2.05, 4.69) is 32.3 Å². The second-order valence-electron chi connectivity index (χ2n) is 10.4. The number of aryl methyl sites for hydroxylation is 3. The molecular formula is C31H32N8O2. The first-order valence-corrected chi connectivity index (χ1v) is 13.6. The molecule has 208 valence electrons. The molecule has 0 atom stereocenters. The van der Waals surface area contributed by atoms with Crippen molar-refractivity contribution in [3.8, 4) is 34.0 Å². The first kappa shape index (κ1) is 26.2. The third-order valence-corrected chi connectivity index (χ3v) is 7.72. The number of piperidine rings is 1. The number of carbonyl (C=O) groups is 1. The van der Waals surface area contributed by atoms with Crippen molar-refractivity contribution in [1.29, 1.82) is 0 Å². The molecule has 1 aliphatic heterocycles. The van der Waals surface area contributed by atoms with Crippen molar-refractivity contribution in [3.05, 3.63) is 79.0 Å². The fourth-order valence-electron chi connectivity index (χ4n) is 5.64. The third-order valence-electron chi connectivity index (χ3n) is 7.72. The van der Waals surface area contributed by atoms with Crippen molar-refractivity contribution in [1.82, 2.24) is 34.2 Å². The van der Waals surface area contributed by atoms with Gasteiger partial charge in [0.2, 0.25) is 11.8 Å². The molecule has 0 bridgehead atoms. The summed E-state index contributed by atoms with van der Waals surface area (Å²) in [6, 6.07) is 13.8. The Morgan fingerprint density at radius 3 is 2.56 bits per heavy atom. The van der Waals surface area contributed by atoms with E-state index in [1.54, 1.807) is 0 Å². The van der Waals surface area contributed by atoms with Crippen LogP contribution in [-0.2, 0) is 11.8 Å². The van der Waals surface area contributed by atoms with E-state index in [-0.39, 0.29) is 11.9 Å². The Morgan fingerprint density at radius 2 is 1.85 bits per heavy atom. The molecule has 4 aromatic heterocycles. The summed E-state index contributed by atoms with van der Waals surface area (Å²) in [5.74, 6) is 1.62. The normalized spacial score (nSPS) is 14.0. The summed E-state index contributed by atoms with van der Waals surface area (Å²) in [6.45, 7) is 8.93. The number of anilines is 1. The average molecular weight is 549 g/mol. The number of nitrogens with zero attached hydrogens (tertiary/aromatic N) is 7. The van der Waals surface area contributed by atoms with Crippen molar-refractivity contribution in [2.24, 2.45) is 7.05 Å². The second kappa shape index (κ2) is 10.5. The van der Waals surface area contributed by atoms with Gasteiger partial charge in [-0.05, 0) is 56.5 Å². The molecule has 0 spiro atoms. The minimum atomic E-state index is -0.0220. The zero-order chi connectivity index (χ0) is 28.7. The summed E-state index contributed by atoms with van der Waals surface area (Å²) in [6.07, 6.45) is 6.64. The van der Waals surface area contributed by atoms with Crippen molar-refractivity contribution >= 4 is 22.8 Å². The fourth-order valence-corrected chi connectivity index (χ4v) is 5.64. The lowest BCUT2D eigenvalue weighted by molar-refractivity contribution is -0.127. The summed E-state index contributed by atoms with van der Waals surface area (Å²) >= 11 is 0. The highest BCUT2D eigenvalue weighted by Gasteiger charge is 2.27. The smallest absolute Gasteiger partial charge is 0.245 e. The van der Waals surface area contributed by atoms with E-state index in [1.165, 1.54) is 12.4 Å². The molecule has 0 unspecified atom stereocenters. The molecule has 6 rings (SSSR count). The van der Waals surface area contributed by atoms with Crippen LogP contribution in [0.2, 0.25) is 0 Å². The SMILES string of the molecule is C=CC(=O)N1CCC(n2cc(-c3c(-c4ccc(Oc5cccc(C)n5)cc4)c4c(N)ncnc4n3C)c(C)n2)CC1. The number of nitrogens with two attached hydrogens (primary N) is 1. The second-order valence-corrected chi connectivity index (χ2v) is 10.4. The first-order chi connectivity index (χ1) is 19.8. The van der Waals surface area contributed by atoms with Crippen LogP contribution in [0.5, 0.6) is 11.6 Å². The number of nitrogen functional groups attached to an aromatic ring is 1. The van der Waals surface area contributed by atoms with Gasteiger partial charge in [0.05, 0.1) is 22.8 Å². The Kier molecular flexibility index (Phi) is 6.74. The van der Waals surface area contributed by atoms with Gasteiger partial charge in [-0.2, -0.15) is 5.10 Å². The molecule has 1 aromatic carbocycles. The lowest BCUT2D eigenvalue weighted by Crippen LogP contribution is -2.38. The Morgan fingerprint density at radius 1 is 1.10 bits per heavy atom. The summed E-state index contributed by atoms with van der Waals surface area (Å²) in [7, 11) is 1.99. The van der Waals surface area contributed by atoms with E-state index in [4.69, 9.17) is 15.6 Å². The van der Waals surface area contributed by atoms with Gasteiger partial charge in [0.25, 0.3) is 0 Å². The molecule has 0 aliphatic carbocycles. The molecule has 1 fully saturated rings. The highest BCUT2D eigenvalue weighted by atomic mass is 16.5. The van der Waals surface area contributed by atoms with Crippen LogP contribution in [0.25, 0.3) is 33.4 Å². The lowest BCUT2D eigenvalue weighted by atomic mass is 9.99. The van der Waals surface area contributed by atoms with Crippen LogP contribution in [0.1, 0.15) is 30.3 Å². The number of ether oxygens (including phenoxy) is 1. The largest absolute Gasteiger partial charge is 0.439 e. The number of carbonyl (C=O) groups excluding carboxylic acids is 1. The summed E-state index contributed by atoms with van der Waals surface area (Å²) in [5.41, 5.74) is 12.8. The Balaban J connectivity index is 1.39. The molecule has 41 heavy (non-hydrogen) atoms. The molecule has 1 aliphatic rings. The van der Waals surface area contributed by atoms with E-state index in [0.29, 0.717) is 30.5 Å². The molecule has 10 heteroatoms. The third kappa shape index (κ3) is 4.82. The van der Waals surface area contributed by atoms with Gasteiger partial charge in [-0.1, -0.05) is 24.8 Å². The van der Waals surface area contributed by atoms with Crippen LogP contribution >= 0.6 is 0 Å². The maximum Gasteiger partial charge on any atom is 0.245 e. The van der Waals surface area contributed by atoms with E-state index in [0.717, 1.165) is 57.6 Å². The number of hydrogen-bond acceptors (Lipinski definition) is 7. The molecular weight excluding hydrogens is 516 g/mol. The van der Waals surface area contributed by atoms with Gasteiger partial charge >= 0.3 is 0 Å². The van der Waals surface area contributed by atoms with E-state index < -0.39 is 0 Å². The van der Waals surface area contributed by atoms with Crippen LogP contribution in [0, 0.1) is 13.8 Å². The molecule has 5 aromatic rings. The number of rotatable bonds is 6. The molecule has 5 heterocycles. The van der Waals surface area contributed by atoms with Crippen LogP contribution in [-0.4, -0.2) is 53.2 Å². The molecule has 0 saturated carbocycles. The van der Waals surface area contributed by atoms with E-state index in [9.17, 15) is 4.79 Å². The van der Waals surface area contributed by atoms with Crippen molar-refractivity contribution < 1.29 is 9.53 Å². The summed E-state index contributed by atoms with van der Waals surface area (Å²) in [4.78, 5) is 27.2. The minimum absolute atomic E-state index is 0.0220. The molecule has 1 amide bonds. The number of benzene rings is 1. The Bertz CT molecular complexity index is 1760. The van der Waals surface area contributed by atoms with Gasteiger partial charge in [0.1, 0.15) is 23.5 Å². The van der Waals surface area contributed by atoms with Gasteiger partial charge in [-0.25, -0.2) is 15.0 Å². The van der Waals surface area contributed by atoms with Crippen LogP contribution < -0.4 is 10.5 Å². The van der Waals surface area contributed by atoms with Gasteiger partial charge in [-0.15, -0.1) is 0 Å². The number of pyridine rings is 1. The van der Waals surface area contributed by atoms with Gasteiger partial charge in [0.15, 0.2) is 0 Å². The summed E-state index contributed by atoms with van der Waals surface area (Å²) < 4.78 is 10.1. The van der Waals surface area contributed by atoms with E-state index in [1.807, 2.05) is 72.9 Å². The molecule has 0 radical (unpaired) electrons. The zero-order valence-electron chi connectivity index (χ0n) is 23.4. The highest BCUT2D eigenvalue weighted by Crippen LogP contribution is 2.43. The molecule has 10 nitrogen and oxygen atoms in total. The predicted octanol–water partition coefficient (Wildman–Crippen LogP) is 5.23. The first-order valence-electron chi connectivity index (χ1n) is 13.6. The van der Waals surface area contributed by atoms with Gasteiger partial charge < -0.3 is 19.9 Å². The highest BCUT2D eigenvalue weighted by molar-refractivity contribution is 6.07. The number of likely N-dealkylation sites (tertiary alicyclic amines) is 1. The van der Waals surface area contributed by atoms with Crippen molar-refractivity contribution in [3.63, 3.8) is 0 Å². The number of aromatic nitrogens is 6. The maximum absolute atomic E-state index is 12.1. The predicted molar refractivity (Wildman–Crippen MR) is 158 cm³/mol. The van der Waals surface area contributed by atoms with Crippen LogP contribution in [0.15, 0.2) is 67.6 Å². The van der Waals surface area contributed by atoms with Crippen molar-refractivity contribution in [2.45, 2.75) is 32.7 Å². The standard InChI is InChI=1S/C31H32N8O2/c1-5-26(40)38-15-13-22(14-16-38)39-17-24(20(3)36-39)29-27(28-30(32)33-18-34-31(28)37(29)4)21-9-11-23(12-10-21)41-25-8-6-7-19(2)35-25/h5-12,17-18,22H,1,13-16H2,2-4H3,(H2,32,33,34). The van der Waals surface area contributed by atoms with Gasteiger partial charge in [0, 0.05) is 49.2 Å². The van der Waals surface area contributed by atoms with E-state index >= 15 is 0 Å². The zero-order valence-corrected chi connectivity index (χ0v) is 23.4. The quantitative estimate of drug-likeness (QED) is 0.289. The minimum Gasteiger partial charge on any atom is -0.439 e.